The number of imidazole rings is 1. The van der Waals surface area contributed by atoms with E-state index < -0.39 is 0 Å². The number of hydrogen-bond acceptors (Lipinski definition) is 6. The molecule has 2 N–H and O–H groups in total. The quantitative estimate of drug-likeness (QED) is 0.241. The molecule has 2 aliphatic rings. The molecule has 0 spiro atoms. The summed E-state index contributed by atoms with van der Waals surface area (Å²) in [4.78, 5) is 23.7. The first-order valence-electron chi connectivity index (χ1n) is 15.0. The number of rotatable bonds is 9. The van der Waals surface area contributed by atoms with Crippen molar-refractivity contribution in [1.29, 1.82) is 0 Å². The van der Waals surface area contributed by atoms with Gasteiger partial charge in [-0.1, -0.05) is 18.2 Å². The van der Waals surface area contributed by atoms with Gasteiger partial charge in [-0.05, 0) is 62.9 Å². The Bertz CT molecular complexity index is 1770. The van der Waals surface area contributed by atoms with E-state index in [-0.39, 0.29) is 17.8 Å². The van der Waals surface area contributed by atoms with Crippen molar-refractivity contribution in [1.82, 2.24) is 24.0 Å². The Morgan fingerprint density at radius 2 is 1.81 bits per heavy atom. The highest BCUT2D eigenvalue weighted by atomic mass is 16.5. The van der Waals surface area contributed by atoms with Crippen molar-refractivity contribution in [2.75, 3.05) is 31.5 Å². The number of para-hydroxylation sites is 1. The van der Waals surface area contributed by atoms with Gasteiger partial charge in [0.25, 0.3) is 5.56 Å². The lowest BCUT2D eigenvalue weighted by Gasteiger charge is -2.35. The smallest absolute Gasteiger partial charge is 0.274 e. The van der Waals surface area contributed by atoms with E-state index in [1.54, 1.807) is 11.6 Å². The van der Waals surface area contributed by atoms with Crippen LogP contribution in [0.1, 0.15) is 26.7 Å². The number of aryl methyl sites for hydroxylation is 1. The van der Waals surface area contributed by atoms with E-state index in [2.05, 4.69) is 45.7 Å². The van der Waals surface area contributed by atoms with Gasteiger partial charge in [-0.15, -0.1) is 0 Å². The molecular formula is C33H38N6O3. The third-order valence-corrected chi connectivity index (χ3v) is 8.40. The van der Waals surface area contributed by atoms with Crippen LogP contribution in [0.25, 0.3) is 33.1 Å². The number of aromatic amines is 1. The van der Waals surface area contributed by atoms with Crippen molar-refractivity contribution < 1.29 is 9.47 Å². The Hall–Kier alpha value is -4.08. The fraction of sp³-hybridized carbons (Fsp3) is 0.394. The highest BCUT2D eigenvalue weighted by molar-refractivity contribution is 6.00. The van der Waals surface area contributed by atoms with Crippen LogP contribution in [0.5, 0.6) is 11.5 Å². The van der Waals surface area contributed by atoms with Crippen LogP contribution in [0.4, 0.5) is 5.95 Å². The standard InChI is InChI=1S/C33H38N6O3/c1-21-18-38(19-22(2)41-21)15-16-39-28-12-11-26(27-20-37(3)32(40)29-25(27)13-14-34-29)31(42-24-7-5-4-6-8-24)30(28)36-33(39)35-17-23-9-10-23/h4-8,11-14,20-23,34H,9-10,15-19H2,1-3H3,(H,35,36). The normalized spacial score (nSPS) is 19.5. The molecule has 218 valence electrons. The van der Waals surface area contributed by atoms with E-state index in [0.29, 0.717) is 17.2 Å². The first-order chi connectivity index (χ1) is 20.4. The number of nitrogens with zero attached hydrogens (tertiary/aromatic N) is 4. The first-order valence-corrected chi connectivity index (χ1v) is 15.0. The third kappa shape index (κ3) is 5.18. The van der Waals surface area contributed by atoms with Crippen LogP contribution in [-0.2, 0) is 18.3 Å². The van der Waals surface area contributed by atoms with E-state index in [0.717, 1.165) is 72.0 Å². The van der Waals surface area contributed by atoms with Crippen LogP contribution in [0.3, 0.4) is 0 Å². The second-order valence-electron chi connectivity index (χ2n) is 11.9. The summed E-state index contributed by atoms with van der Waals surface area (Å²) in [7, 11) is 1.78. The van der Waals surface area contributed by atoms with Crippen molar-refractivity contribution in [2.24, 2.45) is 13.0 Å². The summed E-state index contributed by atoms with van der Waals surface area (Å²) < 4.78 is 16.6. The van der Waals surface area contributed by atoms with Crippen molar-refractivity contribution in [3.63, 3.8) is 0 Å². The Balaban J connectivity index is 1.36. The molecule has 1 aliphatic carbocycles. The molecule has 2 atom stereocenters. The van der Waals surface area contributed by atoms with Crippen LogP contribution in [0.15, 0.2) is 65.7 Å². The molecule has 2 unspecified atom stereocenters. The molecule has 9 nitrogen and oxygen atoms in total. The minimum absolute atomic E-state index is 0.0621. The number of benzene rings is 2. The van der Waals surface area contributed by atoms with Gasteiger partial charge in [-0.25, -0.2) is 4.98 Å². The lowest BCUT2D eigenvalue weighted by atomic mass is 10.0. The summed E-state index contributed by atoms with van der Waals surface area (Å²) in [6.45, 7) is 8.77. The van der Waals surface area contributed by atoms with Crippen LogP contribution in [0, 0.1) is 5.92 Å². The summed E-state index contributed by atoms with van der Waals surface area (Å²) in [6, 6.07) is 16.0. The van der Waals surface area contributed by atoms with Gasteiger partial charge in [0.05, 0.1) is 17.7 Å². The molecule has 3 aromatic heterocycles. The summed E-state index contributed by atoms with van der Waals surface area (Å²) >= 11 is 0. The van der Waals surface area contributed by atoms with Crippen molar-refractivity contribution in [3.05, 3.63) is 71.3 Å². The molecule has 2 aromatic carbocycles. The predicted octanol–water partition coefficient (Wildman–Crippen LogP) is 5.61. The molecule has 1 saturated heterocycles. The van der Waals surface area contributed by atoms with Crippen LogP contribution in [0.2, 0.25) is 0 Å². The topological polar surface area (TPSA) is 89.3 Å². The van der Waals surface area contributed by atoms with Gasteiger partial charge in [0.1, 0.15) is 16.8 Å². The lowest BCUT2D eigenvalue weighted by Crippen LogP contribution is -2.46. The van der Waals surface area contributed by atoms with E-state index in [1.165, 1.54) is 12.8 Å². The summed E-state index contributed by atoms with van der Waals surface area (Å²) in [5, 5.41) is 4.52. The van der Waals surface area contributed by atoms with Gasteiger partial charge in [-0.3, -0.25) is 9.69 Å². The van der Waals surface area contributed by atoms with Crippen LogP contribution in [-0.4, -0.2) is 62.4 Å². The number of ether oxygens (including phenoxy) is 2. The number of nitrogens with one attached hydrogen (secondary N) is 2. The maximum absolute atomic E-state index is 12.8. The Morgan fingerprint density at radius 3 is 2.57 bits per heavy atom. The number of hydrogen-bond donors (Lipinski definition) is 2. The van der Waals surface area contributed by atoms with Crippen LogP contribution >= 0.6 is 0 Å². The van der Waals surface area contributed by atoms with E-state index in [4.69, 9.17) is 14.5 Å². The molecule has 1 saturated carbocycles. The van der Waals surface area contributed by atoms with Crippen molar-refractivity contribution in [3.8, 4) is 22.6 Å². The monoisotopic (exact) mass is 566 g/mol. The predicted molar refractivity (Wildman–Crippen MR) is 166 cm³/mol. The first kappa shape index (κ1) is 26.8. The van der Waals surface area contributed by atoms with Crippen molar-refractivity contribution in [2.45, 2.75) is 45.4 Å². The average Bonchev–Trinajstić information content (AvgIpc) is 3.54. The van der Waals surface area contributed by atoms with Gasteiger partial charge in [0.2, 0.25) is 5.95 Å². The summed E-state index contributed by atoms with van der Waals surface area (Å²) in [6.07, 6.45) is 6.68. The average molecular weight is 567 g/mol. The summed E-state index contributed by atoms with van der Waals surface area (Å²) in [5.74, 6) is 3.00. The number of aromatic nitrogens is 4. The fourth-order valence-electron chi connectivity index (χ4n) is 6.20. The molecule has 2 fully saturated rings. The minimum Gasteiger partial charge on any atom is -0.454 e. The fourth-order valence-corrected chi connectivity index (χ4v) is 6.20. The zero-order valence-corrected chi connectivity index (χ0v) is 24.5. The van der Waals surface area contributed by atoms with E-state index in [1.807, 2.05) is 48.8 Å². The third-order valence-electron chi connectivity index (χ3n) is 8.40. The molecular weight excluding hydrogens is 528 g/mol. The minimum atomic E-state index is -0.0621. The molecule has 0 bridgehead atoms. The largest absolute Gasteiger partial charge is 0.454 e. The number of morpholine rings is 1. The maximum Gasteiger partial charge on any atom is 0.274 e. The highest BCUT2D eigenvalue weighted by Gasteiger charge is 2.26. The second kappa shape index (κ2) is 11.0. The molecule has 9 heteroatoms. The number of pyridine rings is 1. The van der Waals surface area contributed by atoms with Crippen molar-refractivity contribution >= 4 is 27.9 Å². The number of fused-ring (bicyclic) bond motifs is 2. The number of H-pyrrole nitrogens is 1. The van der Waals surface area contributed by atoms with Gasteiger partial charge >= 0.3 is 0 Å². The molecule has 1 aliphatic heterocycles. The molecule has 5 aromatic rings. The van der Waals surface area contributed by atoms with Gasteiger partial charge in [-0.2, -0.15) is 0 Å². The number of anilines is 1. The van der Waals surface area contributed by atoms with Gasteiger partial charge in [0, 0.05) is 68.7 Å². The van der Waals surface area contributed by atoms with E-state index in [9.17, 15) is 4.79 Å². The maximum atomic E-state index is 12.8. The van der Waals surface area contributed by atoms with E-state index >= 15 is 0 Å². The Kier molecular flexibility index (Phi) is 6.99. The Labute approximate surface area is 245 Å². The summed E-state index contributed by atoms with van der Waals surface area (Å²) in [5.41, 5.74) is 4.14. The Morgan fingerprint density at radius 1 is 1.02 bits per heavy atom. The van der Waals surface area contributed by atoms with Crippen LogP contribution < -0.4 is 15.6 Å². The lowest BCUT2D eigenvalue weighted by molar-refractivity contribution is -0.0684. The van der Waals surface area contributed by atoms with Gasteiger partial charge < -0.3 is 28.9 Å². The zero-order valence-electron chi connectivity index (χ0n) is 24.5. The molecule has 0 amide bonds. The second-order valence-corrected chi connectivity index (χ2v) is 11.9. The zero-order chi connectivity index (χ0) is 28.8. The molecule has 0 radical (unpaired) electrons. The SMILES string of the molecule is CC1CN(CCn2c(NCC3CC3)nc3c(Oc4ccccc4)c(-c4cn(C)c(=O)c5[nH]ccc45)ccc32)CC(C)O1. The highest BCUT2D eigenvalue weighted by Crippen LogP contribution is 2.42. The molecule has 42 heavy (non-hydrogen) atoms. The molecule has 7 rings (SSSR count). The molecule has 4 heterocycles. The van der Waals surface area contributed by atoms with Gasteiger partial charge in [0.15, 0.2) is 5.75 Å².